The lowest BCUT2D eigenvalue weighted by molar-refractivity contribution is -0.0242. The Morgan fingerprint density at radius 1 is 0.833 bits per heavy atom. The van der Waals surface area contributed by atoms with Crippen molar-refractivity contribution in [2.75, 3.05) is 74.9 Å². The summed E-state index contributed by atoms with van der Waals surface area (Å²) in [6.45, 7) is 5.71. The molecule has 1 rings (SSSR count). The molecule has 0 N–H and O–H groups in total. The largest absolute Gasteiger partial charge is 0.500 e. The van der Waals surface area contributed by atoms with Gasteiger partial charge in [-0.25, -0.2) is 0 Å². The minimum Gasteiger partial charge on any atom is -0.383 e. The van der Waals surface area contributed by atoms with Gasteiger partial charge in [0.15, 0.2) is 0 Å². The molecule has 0 bridgehead atoms. The Morgan fingerprint density at radius 2 is 1.33 bits per heavy atom. The molecular weight excluding hydrogens is 328 g/mol. The van der Waals surface area contributed by atoms with Crippen LogP contribution in [0.3, 0.4) is 0 Å². The SMILES string of the molecule is COCCN1CCCN(CCOC)C1CCC[Si](OC)(OC)OC. The molecule has 0 unspecified atom stereocenters. The van der Waals surface area contributed by atoms with Crippen LogP contribution in [0, 0.1) is 0 Å². The van der Waals surface area contributed by atoms with Crippen LogP contribution in [0.1, 0.15) is 19.3 Å². The highest BCUT2D eigenvalue weighted by Gasteiger charge is 2.38. The highest BCUT2D eigenvalue weighted by atomic mass is 28.4. The number of nitrogens with zero attached hydrogens (tertiary/aromatic N) is 2. The topological polar surface area (TPSA) is 52.6 Å². The summed E-state index contributed by atoms with van der Waals surface area (Å²) in [4.78, 5) is 5.05. The Hall–Kier alpha value is -0.0631. The fraction of sp³-hybridized carbons (Fsp3) is 1.00. The van der Waals surface area contributed by atoms with Crippen LogP contribution >= 0.6 is 0 Å². The van der Waals surface area contributed by atoms with Crippen molar-refractivity contribution in [2.24, 2.45) is 0 Å². The molecule has 1 heterocycles. The van der Waals surface area contributed by atoms with Crippen molar-refractivity contribution in [3.63, 3.8) is 0 Å². The van der Waals surface area contributed by atoms with Gasteiger partial charge in [0, 0.05) is 67.8 Å². The maximum atomic E-state index is 5.54. The van der Waals surface area contributed by atoms with E-state index in [1.807, 2.05) is 0 Å². The van der Waals surface area contributed by atoms with Crippen LogP contribution in [0.2, 0.25) is 6.04 Å². The Labute approximate surface area is 148 Å². The number of rotatable bonds is 13. The van der Waals surface area contributed by atoms with E-state index in [1.165, 1.54) is 6.42 Å². The van der Waals surface area contributed by atoms with Crippen molar-refractivity contribution >= 4 is 8.80 Å². The third kappa shape index (κ3) is 6.68. The zero-order valence-electron chi connectivity index (χ0n) is 16.1. The quantitative estimate of drug-likeness (QED) is 0.456. The van der Waals surface area contributed by atoms with Crippen molar-refractivity contribution in [3.05, 3.63) is 0 Å². The van der Waals surface area contributed by atoms with E-state index in [9.17, 15) is 0 Å². The highest BCUT2D eigenvalue weighted by molar-refractivity contribution is 6.60. The normalized spacial score (nSPS) is 18.4. The Bertz CT molecular complexity index is 297. The van der Waals surface area contributed by atoms with Crippen molar-refractivity contribution < 1.29 is 22.8 Å². The summed E-state index contributed by atoms with van der Waals surface area (Å²) in [7, 11) is 6.07. The summed E-state index contributed by atoms with van der Waals surface area (Å²) in [5.41, 5.74) is 0. The van der Waals surface area contributed by atoms with E-state index in [2.05, 4.69) is 9.80 Å². The van der Waals surface area contributed by atoms with Crippen molar-refractivity contribution in [3.8, 4) is 0 Å². The van der Waals surface area contributed by atoms with Gasteiger partial charge >= 0.3 is 8.80 Å². The predicted octanol–water partition coefficient (Wildman–Crippen LogP) is 1.27. The first-order valence-corrected chi connectivity index (χ1v) is 10.7. The van der Waals surface area contributed by atoms with Gasteiger partial charge < -0.3 is 22.8 Å². The molecular formula is C16H36N2O5Si. The number of hydrogen-bond acceptors (Lipinski definition) is 7. The molecule has 0 aromatic heterocycles. The smallest absolute Gasteiger partial charge is 0.383 e. The lowest BCUT2D eigenvalue weighted by Crippen LogP contribution is -2.55. The molecule has 0 radical (unpaired) electrons. The Balaban J connectivity index is 2.62. The fourth-order valence-corrected chi connectivity index (χ4v) is 5.12. The van der Waals surface area contributed by atoms with Crippen LogP contribution in [0.25, 0.3) is 0 Å². The van der Waals surface area contributed by atoms with Gasteiger partial charge in [-0.3, -0.25) is 9.80 Å². The second-order valence-corrected chi connectivity index (χ2v) is 9.17. The lowest BCUT2D eigenvalue weighted by Gasteiger charge is -2.44. The molecule has 1 fully saturated rings. The van der Waals surface area contributed by atoms with E-state index in [1.54, 1.807) is 35.5 Å². The first-order valence-electron chi connectivity index (χ1n) is 8.77. The first-order chi connectivity index (χ1) is 11.7. The Kier molecular flexibility index (Phi) is 11.3. The maximum absolute atomic E-state index is 5.54. The molecule has 24 heavy (non-hydrogen) atoms. The molecule has 0 amide bonds. The van der Waals surface area contributed by atoms with Crippen LogP contribution in [0.5, 0.6) is 0 Å². The molecule has 1 aliphatic rings. The molecule has 1 saturated heterocycles. The van der Waals surface area contributed by atoms with Gasteiger partial charge in [-0.2, -0.15) is 0 Å². The van der Waals surface area contributed by atoms with Crippen molar-refractivity contribution in [2.45, 2.75) is 31.5 Å². The van der Waals surface area contributed by atoms with Crippen molar-refractivity contribution in [1.82, 2.24) is 9.80 Å². The third-order valence-corrected chi connectivity index (χ3v) is 7.61. The molecule has 0 aromatic carbocycles. The van der Waals surface area contributed by atoms with Crippen LogP contribution in [0.4, 0.5) is 0 Å². The van der Waals surface area contributed by atoms with E-state index < -0.39 is 8.80 Å². The average Bonchev–Trinajstić information content (AvgIpc) is 2.63. The van der Waals surface area contributed by atoms with E-state index in [0.717, 1.165) is 58.3 Å². The molecule has 0 saturated carbocycles. The van der Waals surface area contributed by atoms with Gasteiger partial charge in [0.25, 0.3) is 0 Å². The summed E-state index contributed by atoms with van der Waals surface area (Å²) in [6, 6.07) is 0.837. The predicted molar refractivity (Wildman–Crippen MR) is 96.1 cm³/mol. The van der Waals surface area contributed by atoms with Gasteiger partial charge in [-0.15, -0.1) is 0 Å². The van der Waals surface area contributed by atoms with Gasteiger partial charge in [0.2, 0.25) is 0 Å². The van der Waals surface area contributed by atoms with Gasteiger partial charge in [0.05, 0.1) is 19.4 Å². The van der Waals surface area contributed by atoms with Crippen LogP contribution in [-0.2, 0) is 22.8 Å². The molecule has 8 heteroatoms. The highest BCUT2D eigenvalue weighted by Crippen LogP contribution is 2.23. The molecule has 0 aliphatic carbocycles. The number of hydrogen-bond donors (Lipinski definition) is 0. The average molecular weight is 365 g/mol. The van der Waals surface area contributed by atoms with Gasteiger partial charge in [0.1, 0.15) is 0 Å². The fourth-order valence-electron chi connectivity index (χ4n) is 3.37. The summed E-state index contributed by atoms with van der Waals surface area (Å²) >= 11 is 0. The zero-order valence-corrected chi connectivity index (χ0v) is 17.1. The minimum atomic E-state index is -2.48. The van der Waals surface area contributed by atoms with Gasteiger partial charge in [-0.1, -0.05) is 0 Å². The summed E-state index contributed by atoms with van der Waals surface area (Å²) < 4.78 is 27.2. The summed E-state index contributed by atoms with van der Waals surface area (Å²) in [6.07, 6.45) is 3.69. The Morgan fingerprint density at radius 3 is 1.75 bits per heavy atom. The van der Waals surface area contributed by atoms with Gasteiger partial charge in [-0.05, 0) is 19.3 Å². The van der Waals surface area contributed by atoms with E-state index in [4.69, 9.17) is 22.8 Å². The molecule has 144 valence electrons. The van der Waals surface area contributed by atoms with E-state index in [0.29, 0.717) is 6.17 Å². The second-order valence-electron chi connectivity index (χ2n) is 6.08. The summed E-state index contributed by atoms with van der Waals surface area (Å²) in [5.74, 6) is 0. The molecule has 7 nitrogen and oxygen atoms in total. The standard InChI is InChI=1S/C16H36N2O5Si/c1-19-13-11-17-9-7-10-18(12-14-20-2)16(17)8-6-15-24(21-3,22-4)23-5/h16H,6-15H2,1-5H3. The van der Waals surface area contributed by atoms with E-state index in [-0.39, 0.29) is 0 Å². The lowest BCUT2D eigenvalue weighted by atomic mass is 10.1. The first kappa shape index (κ1) is 22.0. The monoisotopic (exact) mass is 364 g/mol. The molecule has 0 spiro atoms. The second kappa shape index (κ2) is 12.3. The van der Waals surface area contributed by atoms with Crippen LogP contribution < -0.4 is 0 Å². The zero-order chi connectivity index (χ0) is 17.8. The third-order valence-electron chi connectivity index (χ3n) is 4.78. The number of ether oxygens (including phenoxy) is 2. The summed E-state index contributed by atoms with van der Waals surface area (Å²) in [5, 5.41) is 0. The minimum absolute atomic E-state index is 0.418. The number of methoxy groups -OCH3 is 2. The molecule has 0 atom stereocenters. The van der Waals surface area contributed by atoms with E-state index >= 15 is 0 Å². The van der Waals surface area contributed by atoms with Crippen molar-refractivity contribution in [1.29, 1.82) is 0 Å². The molecule has 0 aromatic rings. The van der Waals surface area contributed by atoms with Crippen LogP contribution in [-0.4, -0.2) is 99.7 Å². The maximum Gasteiger partial charge on any atom is 0.500 e. The van der Waals surface area contributed by atoms with Crippen LogP contribution in [0.15, 0.2) is 0 Å². The molecule has 1 aliphatic heterocycles.